The molecule has 1 amide bonds. The third-order valence-corrected chi connectivity index (χ3v) is 3.40. The van der Waals surface area contributed by atoms with Gasteiger partial charge in [0.1, 0.15) is 5.82 Å². The molecular formula is C14H17BrFNO4. The number of nitrogens with one attached hydrogen (secondary N) is 1. The summed E-state index contributed by atoms with van der Waals surface area (Å²) in [5.74, 6) is -1.79. The Morgan fingerprint density at radius 1 is 1.48 bits per heavy atom. The SMILES string of the molecule is COCC(C)(CC(=O)O)NC(=O)Cc1ccc(F)c(Br)c1. The van der Waals surface area contributed by atoms with Gasteiger partial charge in [-0.2, -0.15) is 0 Å². The largest absolute Gasteiger partial charge is 0.481 e. The lowest BCUT2D eigenvalue weighted by Gasteiger charge is -2.28. The monoisotopic (exact) mass is 361 g/mol. The van der Waals surface area contributed by atoms with Crippen molar-refractivity contribution in [2.45, 2.75) is 25.3 Å². The van der Waals surface area contributed by atoms with Gasteiger partial charge in [0.2, 0.25) is 5.91 Å². The van der Waals surface area contributed by atoms with Crippen LogP contribution < -0.4 is 5.32 Å². The van der Waals surface area contributed by atoms with Gasteiger partial charge in [-0.05, 0) is 40.5 Å². The quantitative estimate of drug-likeness (QED) is 0.779. The van der Waals surface area contributed by atoms with E-state index in [0.29, 0.717) is 5.56 Å². The first kappa shape index (κ1) is 17.6. The van der Waals surface area contributed by atoms with Crippen LogP contribution in [0.1, 0.15) is 18.9 Å². The van der Waals surface area contributed by atoms with Gasteiger partial charge in [-0.25, -0.2) is 4.39 Å². The van der Waals surface area contributed by atoms with Gasteiger partial charge in [-0.1, -0.05) is 6.07 Å². The van der Waals surface area contributed by atoms with E-state index >= 15 is 0 Å². The second-order valence-corrected chi connectivity index (χ2v) is 5.89. The molecule has 0 radical (unpaired) electrons. The van der Waals surface area contributed by atoms with Crippen LogP contribution in [0.4, 0.5) is 4.39 Å². The summed E-state index contributed by atoms with van der Waals surface area (Å²) >= 11 is 3.05. The summed E-state index contributed by atoms with van der Waals surface area (Å²) < 4.78 is 18.4. The lowest BCUT2D eigenvalue weighted by atomic mass is 9.98. The van der Waals surface area contributed by atoms with Crippen LogP contribution in [-0.4, -0.2) is 36.2 Å². The Morgan fingerprint density at radius 2 is 2.14 bits per heavy atom. The zero-order chi connectivity index (χ0) is 16.0. The Bertz CT molecular complexity index is 538. The number of hydrogen-bond donors (Lipinski definition) is 2. The minimum Gasteiger partial charge on any atom is -0.481 e. The van der Waals surface area contributed by atoms with Crippen molar-refractivity contribution >= 4 is 27.8 Å². The average molecular weight is 362 g/mol. The molecule has 0 saturated carbocycles. The Balaban J connectivity index is 2.73. The van der Waals surface area contributed by atoms with Gasteiger partial charge in [0.05, 0.1) is 29.5 Å². The summed E-state index contributed by atoms with van der Waals surface area (Å²) in [6.07, 6.45) is -0.225. The molecule has 0 aliphatic heterocycles. The van der Waals surface area contributed by atoms with Crippen LogP contribution >= 0.6 is 15.9 Å². The molecule has 0 saturated heterocycles. The smallest absolute Gasteiger partial charge is 0.305 e. The number of carbonyl (C=O) groups excluding carboxylic acids is 1. The first-order valence-corrected chi connectivity index (χ1v) is 7.01. The first-order chi connectivity index (χ1) is 9.75. The van der Waals surface area contributed by atoms with Crippen LogP contribution in [0, 0.1) is 5.82 Å². The Labute approximate surface area is 130 Å². The topological polar surface area (TPSA) is 75.6 Å². The molecule has 116 valence electrons. The maximum atomic E-state index is 13.1. The zero-order valence-electron chi connectivity index (χ0n) is 11.8. The van der Waals surface area contributed by atoms with Gasteiger partial charge in [0.15, 0.2) is 0 Å². The number of halogens is 2. The van der Waals surface area contributed by atoms with E-state index in [2.05, 4.69) is 21.2 Å². The minimum absolute atomic E-state index is 0.0256. The maximum absolute atomic E-state index is 13.1. The Kier molecular flexibility index (Phi) is 6.29. The van der Waals surface area contributed by atoms with Crippen molar-refractivity contribution in [2.75, 3.05) is 13.7 Å². The number of hydrogen-bond acceptors (Lipinski definition) is 3. The molecule has 7 heteroatoms. The van der Waals surface area contributed by atoms with Gasteiger partial charge < -0.3 is 15.2 Å². The number of ether oxygens (including phenoxy) is 1. The Morgan fingerprint density at radius 3 is 2.67 bits per heavy atom. The molecule has 1 rings (SSSR count). The standard InChI is InChI=1S/C14H17BrFNO4/c1-14(8-21-2,7-13(19)20)17-12(18)6-9-3-4-11(16)10(15)5-9/h3-5H,6-8H2,1-2H3,(H,17,18)(H,19,20). The highest BCUT2D eigenvalue weighted by Crippen LogP contribution is 2.17. The normalized spacial score (nSPS) is 13.5. The second kappa shape index (κ2) is 7.51. The highest BCUT2D eigenvalue weighted by molar-refractivity contribution is 9.10. The summed E-state index contributed by atoms with van der Waals surface area (Å²) in [5.41, 5.74) is -0.370. The summed E-state index contributed by atoms with van der Waals surface area (Å²) in [5, 5.41) is 11.5. The van der Waals surface area contributed by atoms with Crippen molar-refractivity contribution in [3.05, 3.63) is 34.1 Å². The number of carbonyl (C=O) groups is 2. The summed E-state index contributed by atoms with van der Waals surface area (Å²) in [6, 6.07) is 4.28. The third kappa shape index (κ3) is 5.81. The highest BCUT2D eigenvalue weighted by atomic mass is 79.9. The summed E-state index contributed by atoms with van der Waals surface area (Å²) in [4.78, 5) is 22.9. The van der Waals surface area contributed by atoms with E-state index in [1.165, 1.54) is 25.3 Å². The van der Waals surface area contributed by atoms with Crippen molar-refractivity contribution < 1.29 is 23.8 Å². The first-order valence-electron chi connectivity index (χ1n) is 6.21. The minimum atomic E-state index is -1.03. The number of amides is 1. The van der Waals surface area contributed by atoms with Crippen LogP contribution in [0.2, 0.25) is 0 Å². The molecule has 1 aromatic carbocycles. The molecule has 0 fully saturated rings. The van der Waals surface area contributed by atoms with Crippen molar-refractivity contribution in [2.24, 2.45) is 0 Å². The van der Waals surface area contributed by atoms with Crippen molar-refractivity contribution in [3.63, 3.8) is 0 Å². The molecule has 21 heavy (non-hydrogen) atoms. The van der Waals surface area contributed by atoms with E-state index in [1.54, 1.807) is 6.92 Å². The van der Waals surface area contributed by atoms with Crippen LogP contribution in [0.5, 0.6) is 0 Å². The fourth-order valence-electron chi connectivity index (χ4n) is 2.00. The van der Waals surface area contributed by atoms with E-state index in [4.69, 9.17) is 9.84 Å². The molecule has 1 aromatic rings. The fraction of sp³-hybridized carbons (Fsp3) is 0.429. The second-order valence-electron chi connectivity index (χ2n) is 5.04. The van der Waals surface area contributed by atoms with E-state index in [-0.39, 0.29) is 29.8 Å². The van der Waals surface area contributed by atoms with E-state index in [9.17, 15) is 14.0 Å². The van der Waals surface area contributed by atoms with E-state index < -0.39 is 17.3 Å². The number of aliphatic carboxylic acids is 1. The predicted molar refractivity (Wildman–Crippen MR) is 78.5 cm³/mol. The van der Waals surface area contributed by atoms with Gasteiger partial charge in [-0.3, -0.25) is 9.59 Å². The van der Waals surface area contributed by atoms with E-state index in [1.807, 2.05) is 0 Å². The molecule has 0 aromatic heterocycles. The summed E-state index contributed by atoms with van der Waals surface area (Å²) in [6.45, 7) is 1.68. The molecule has 0 spiro atoms. The lowest BCUT2D eigenvalue weighted by Crippen LogP contribution is -2.51. The summed E-state index contributed by atoms with van der Waals surface area (Å²) in [7, 11) is 1.43. The van der Waals surface area contributed by atoms with E-state index in [0.717, 1.165) is 0 Å². The van der Waals surface area contributed by atoms with Crippen molar-refractivity contribution in [1.82, 2.24) is 5.32 Å². The number of methoxy groups -OCH3 is 1. The van der Waals surface area contributed by atoms with Gasteiger partial charge in [-0.15, -0.1) is 0 Å². The molecule has 2 N–H and O–H groups in total. The van der Waals surface area contributed by atoms with Gasteiger partial charge in [0, 0.05) is 7.11 Å². The van der Waals surface area contributed by atoms with Crippen molar-refractivity contribution in [3.8, 4) is 0 Å². The number of benzene rings is 1. The van der Waals surface area contributed by atoms with Gasteiger partial charge >= 0.3 is 5.97 Å². The maximum Gasteiger partial charge on any atom is 0.305 e. The van der Waals surface area contributed by atoms with Crippen molar-refractivity contribution in [1.29, 1.82) is 0 Å². The molecule has 1 unspecified atom stereocenters. The molecule has 0 aliphatic rings. The average Bonchev–Trinajstić information content (AvgIpc) is 2.32. The van der Waals surface area contributed by atoms with Crippen LogP contribution in [0.15, 0.2) is 22.7 Å². The van der Waals surface area contributed by atoms with Gasteiger partial charge in [0.25, 0.3) is 0 Å². The number of rotatable bonds is 7. The van der Waals surface area contributed by atoms with Crippen LogP contribution in [0.25, 0.3) is 0 Å². The molecule has 0 heterocycles. The van der Waals surface area contributed by atoms with Crippen LogP contribution in [-0.2, 0) is 20.7 Å². The third-order valence-electron chi connectivity index (χ3n) is 2.79. The fourth-order valence-corrected chi connectivity index (χ4v) is 2.43. The highest BCUT2D eigenvalue weighted by Gasteiger charge is 2.29. The number of carboxylic acids is 1. The number of carboxylic acid groups (broad SMARTS) is 1. The van der Waals surface area contributed by atoms with Crippen LogP contribution in [0.3, 0.4) is 0 Å². The Hall–Kier alpha value is -1.47. The zero-order valence-corrected chi connectivity index (χ0v) is 13.4. The predicted octanol–water partition coefficient (Wildman–Crippen LogP) is 2.13. The molecule has 0 bridgehead atoms. The molecule has 5 nitrogen and oxygen atoms in total. The lowest BCUT2D eigenvalue weighted by molar-refractivity contribution is -0.139. The molecule has 0 aliphatic carbocycles. The molecule has 1 atom stereocenters. The molecular weight excluding hydrogens is 345 g/mol.